The lowest BCUT2D eigenvalue weighted by atomic mass is 10.1. The first-order valence-electron chi connectivity index (χ1n) is 9.61. The zero-order chi connectivity index (χ0) is 23.7. The van der Waals surface area contributed by atoms with E-state index in [1.165, 1.54) is 25.6 Å². The number of aromatic nitrogens is 1. The monoisotopic (exact) mass is 500 g/mol. The molecule has 0 unspecified atom stereocenters. The van der Waals surface area contributed by atoms with Crippen molar-refractivity contribution in [3.63, 3.8) is 0 Å². The van der Waals surface area contributed by atoms with E-state index in [0.717, 1.165) is 16.2 Å². The average Bonchev–Trinajstić information content (AvgIpc) is 3.40. The highest BCUT2D eigenvalue weighted by Gasteiger charge is 2.27. The van der Waals surface area contributed by atoms with E-state index < -0.39 is 17.8 Å². The number of fused-ring (bicyclic) bond motifs is 1. The van der Waals surface area contributed by atoms with Crippen molar-refractivity contribution < 1.29 is 23.9 Å². The summed E-state index contributed by atoms with van der Waals surface area (Å²) in [7, 11) is 2.48. The van der Waals surface area contributed by atoms with Crippen LogP contribution in [0.25, 0.3) is 21.5 Å². The molecule has 1 aromatic carbocycles. The summed E-state index contributed by atoms with van der Waals surface area (Å²) in [5.74, 6) is -1.72. The summed E-state index contributed by atoms with van der Waals surface area (Å²) in [5, 5.41) is 3.62. The third-order valence-corrected chi connectivity index (χ3v) is 7.36. The van der Waals surface area contributed by atoms with E-state index in [4.69, 9.17) is 21.1 Å². The van der Waals surface area contributed by atoms with E-state index in [-0.39, 0.29) is 15.4 Å². The molecule has 0 aliphatic rings. The fraction of sp³-hybridized carbons (Fsp3) is 0.130. The number of hydrogen-bond donors (Lipinski definition) is 1. The second-order valence-corrected chi connectivity index (χ2v) is 9.61. The van der Waals surface area contributed by atoms with Crippen LogP contribution in [0.3, 0.4) is 0 Å². The van der Waals surface area contributed by atoms with Crippen molar-refractivity contribution in [1.82, 2.24) is 4.98 Å². The number of hydrogen-bond acceptors (Lipinski definition) is 8. The van der Waals surface area contributed by atoms with Crippen molar-refractivity contribution in [3.05, 3.63) is 68.4 Å². The Kier molecular flexibility index (Phi) is 6.46. The first-order valence-corrected chi connectivity index (χ1v) is 11.6. The highest BCUT2D eigenvalue weighted by atomic mass is 35.5. The molecule has 33 heavy (non-hydrogen) atoms. The minimum absolute atomic E-state index is 0.111. The van der Waals surface area contributed by atoms with Gasteiger partial charge < -0.3 is 14.8 Å². The van der Waals surface area contributed by atoms with Gasteiger partial charge in [0, 0.05) is 5.39 Å². The lowest BCUT2D eigenvalue weighted by Crippen LogP contribution is -2.15. The van der Waals surface area contributed by atoms with Gasteiger partial charge in [0.15, 0.2) is 0 Å². The van der Waals surface area contributed by atoms with Crippen molar-refractivity contribution in [2.45, 2.75) is 6.92 Å². The maximum Gasteiger partial charge on any atom is 0.348 e. The number of halogens is 1. The SMILES string of the molecule is COC(=O)c1sc(NC(=O)c2cc(-c3ccc(Cl)s3)nc3ccccc23)c(C(=O)OC)c1C. The van der Waals surface area contributed by atoms with Gasteiger partial charge in [0.1, 0.15) is 9.88 Å². The molecule has 0 saturated carbocycles. The molecule has 4 rings (SSSR count). The van der Waals surface area contributed by atoms with Gasteiger partial charge in [0.05, 0.1) is 45.8 Å². The summed E-state index contributed by atoms with van der Waals surface area (Å²) in [6.45, 7) is 1.60. The van der Waals surface area contributed by atoms with Gasteiger partial charge in [-0.05, 0) is 36.8 Å². The highest BCUT2D eigenvalue weighted by Crippen LogP contribution is 2.36. The molecule has 0 fully saturated rings. The molecule has 0 radical (unpaired) electrons. The molecule has 0 aliphatic carbocycles. The van der Waals surface area contributed by atoms with E-state index in [2.05, 4.69) is 10.3 Å². The average molecular weight is 501 g/mol. The molecule has 0 aliphatic heterocycles. The third-order valence-electron chi connectivity index (χ3n) is 4.92. The van der Waals surface area contributed by atoms with Gasteiger partial charge >= 0.3 is 11.9 Å². The van der Waals surface area contributed by atoms with Crippen LogP contribution >= 0.6 is 34.3 Å². The zero-order valence-electron chi connectivity index (χ0n) is 17.7. The number of nitrogens with zero attached hydrogens (tertiary/aromatic N) is 1. The number of rotatable bonds is 5. The maximum absolute atomic E-state index is 13.4. The molecule has 0 atom stereocenters. The van der Waals surface area contributed by atoms with Crippen LogP contribution in [-0.2, 0) is 9.47 Å². The number of methoxy groups -OCH3 is 2. The van der Waals surface area contributed by atoms with Crippen LogP contribution in [0.15, 0.2) is 42.5 Å². The van der Waals surface area contributed by atoms with Gasteiger partial charge in [-0.2, -0.15) is 0 Å². The van der Waals surface area contributed by atoms with Gasteiger partial charge in [-0.15, -0.1) is 22.7 Å². The van der Waals surface area contributed by atoms with Gasteiger partial charge in [0.25, 0.3) is 5.91 Å². The van der Waals surface area contributed by atoms with Crippen LogP contribution in [0.4, 0.5) is 5.00 Å². The number of para-hydroxylation sites is 1. The molecular weight excluding hydrogens is 484 g/mol. The standard InChI is InChI=1S/C23H17ClN2O5S2/c1-11-18(22(28)30-2)21(33-19(11)23(29)31-3)26-20(27)13-10-15(16-8-9-17(24)32-16)25-14-7-5-4-6-12(13)14/h4-10H,1-3H3,(H,26,27). The molecular formula is C23H17ClN2O5S2. The summed E-state index contributed by atoms with van der Waals surface area (Å²) in [4.78, 5) is 43.7. The molecule has 3 heterocycles. The molecule has 3 aromatic heterocycles. The number of ether oxygens (including phenoxy) is 2. The third kappa shape index (κ3) is 4.35. The normalized spacial score (nSPS) is 10.8. The fourth-order valence-electron chi connectivity index (χ4n) is 3.35. The van der Waals surface area contributed by atoms with Crippen molar-refractivity contribution in [2.24, 2.45) is 0 Å². The predicted molar refractivity (Wildman–Crippen MR) is 130 cm³/mol. The Balaban J connectivity index is 1.82. The number of carbonyl (C=O) groups is 3. The first kappa shape index (κ1) is 22.9. The summed E-state index contributed by atoms with van der Waals surface area (Å²) in [5.41, 5.74) is 2.08. The number of thiophene rings is 2. The lowest BCUT2D eigenvalue weighted by molar-refractivity contribution is 0.0601. The highest BCUT2D eigenvalue weighted by molar-refractivity contribution is 7.19. The quantitative estimate of drug-likeness (QED) is 0.347. The summed E-state index contributed by atoms with van der Waals surface area (Å²) in [6.07, 6.45) is 0. The summed E-state index contributed by atoms with van der Waals surface area (Å²) >= 11 is 8.40. The van der Waals surface area contributed by atoms with Gasteiger partial charge in [-0.3, -0.25) is 4.79 Å². The Morgan fingerprint density at radius 3 is 2.39 bits per heavy atom. The molecule has 7 nitrogen and oxygen atoms in total. The number of benzene rings is 1. The molecule has 0 saturated heterocycles. The van der Waals surface area contributed by atoms with Gasteiger partial charge in [-0.1, -0.05) is 29.8 Å². The number of amides is 1. The zero-order valence-corrected chi connectivity index (χ0v) is 20.1. The Morgan fingerprint density at radius 1 is 1.00 bits per heavy atom. The smallest absolute Gasteiger partial charge is 0.348 e. The molecule has 0 bridgehead atoms. The number of pyridine rings is 1. The number of nitrogens with one attached hydrogen (secondary N) is 1. The van der Waals surface area contributed by atoms with E-state index in [0.29, 0.717) is 32.1 Å². The lowest BCUT2D eigenvalue weighted by Gasteiger charge is -2.10. The second kappa shape index (κ2) is 9.30. The second-order valence-electron chi connectivity index (χ2n) is 6.87. The Bertz CT molecular complexity index is 1410. The summed E-state index contributed by atoms with van der Waals surface area (Å²) in [6, 6.07) is 12.5. The molecule has 168 valence electrons. The molecule has 1 N–H and O–H groups in total. The van der Waals surface area contributed by atoms with E-state index in [1.54, 1.807) is 25.1 Å². The van der Waals surface area contributed by atoms with Crippen LogP contribution in [0.5, 0.6) is 0 Å². The van der Waals surface area contributed by atoms with Crippen molar-refractivity contribution in [1.29, 1.82) is 0 Å². The Morgan fingerprint density at radius 2 is 1.73 bits per heavy atom. The molecule has 4 aromatic rings. The number of esters is 2. The maximum atomic E-state index is 13.4. The Hall–Kier alpha value is -3.27. The van der Waals surface area contributed by atoms with Crippen molar-refractivity contribution in [3.8, 4) is 10.6 Å². The van der Waals surface area contributed by atoms with E-state index in [1.807, 2.05) is 24.3 Å². The van der Waals surface area contributed by atoms with Crippen molar-refractivity contribution in [2.75, 3.05) is 19.5 Å². The first-order chi connectivity index (χ1) is 15.8. The van der Waals surface area contributed by atoms with Crippen LogP contribution in [0, 0.1) is 6.92 Å². The van der Waals surface area contributed by atoms with Gasteiger partial charge in [-0.25, -0.2) is 14.6 Å². The van der Waals surface area contributed by atoms with Crippen molar-refractivity contribution >= 4 is 68.0 Å². The molecule has 10 heteroatoms. The minimum atomic E-state index is -0.664. The Labute approximate surface area is 201 Å². The number of anilines is 1. The van der Waals surface area contributed by atoms with Gasteiger partial charge in [0.2, 0.25) is 0 Å². The number of carbonyl (C=O) groups excluding carboxylic acids is 3. The summed E-state index contributed by atoms with van der Waals surface area (Å²) < 4.78 is 10.3. The molecule has 0 spiro atoms. The van der Waals surface area contributed by atoms with Crippen LogP contribution in [0.1, 0.15) is 36.0 Å². The van der Waals surface area contributed by atoms with Crippen LogP contribution in [0.2, 0.25) is 4.34 Å². The van der Waals surface area contributed by atoms with Crippen LogP contribution < -0.4 is 5.32 Å². The van der Waals surface area contributed by atoms with E-state index in [9.17, 15) is 14.4 Å². The largest absolute Gasteiger partial charge is 0.465 e. The van der Waals surface area contributed by atoms with Crippen LogP contribution in [-0.4, -0.2) is 37.0 Å². The fourth-order valence-corrected chi connectivity index (χ4v) is 5.46. The molecule has 1 amide bonds. The topological polar surface area (TPSA) is 94.6 Å². The predicted octanol–water partition coefficient (Wildman–Crippen LogP) is 5.81. The van der Waals surface area contributed by atoms with E-state index >= 15 is 0 Å². The minimum Gasteiger partial charge on any atom is -0.465 e.